The van der Waals surface area contributed by atoms with Gasteiger partial charge in [-0.2, -0.15) is 0 Å². The Morgan fingerprint density at radius 3 is 2.14 bits per heavy atom. The summed E-state index contributed by atoms with van der Waals surface area (Å²) in [5.74, 6) is -0.258. The van der Waals surface area contributed by atoms with Crippen LogP contribution < -0.4 is 10.6 Å². The van der Waals surface area contributed by atoms with E-state index in [1.807, 2.05) is 17.9 Å². The predicted octanol–water partition coefficient (Wildman–Crippen LogP) is 5.15. The number of anilines is 1. The third kappa shape index (κ3) is 6.65. The molecular formula is C22H26BrN3O2S. The molecule has 0 saturated carbocycles. The molecule has 0 spiro atoms. The first kappa shape index (κ1) is 23.0. The van der Waals surface area contributed by atoms with Gasteiger partial charge in [0.05, 0.1) is 0 Å². The van der Waals surface area contributed by atoms with E-state index < -0.39 is 0 Å². The van der Waals surface area contributed by atoms with Crippen LogP contribution in [-0.2, 0) is 0 Å². The molecule has 0 unspecified atom stereocenters. The van der Waals surface area contributed by atoms with Crippen LogP contribution in [0.25, 0.3) is 0 Å². The van der Waals surface area contributed by atoms with Gasteiger partial charge in [0.2, 0.25) is 0 Å². The average molecular weight is 476 g/mol. The molecule has 5 nitrogen and oxygen atoms in total. The van der Waals surface area contributed by atoms with Gasteiger partial charge in [0.15, 0.2) is 5.11 Å². The molecule has 0 fully saturated rings. The van der Waals surface area contributed by atoms with Crippen molar-refractivity contribution in [3.05, 3.63) is 63.6 Å². The Morgan fingerprint density at radius 2 is 1.59 bits per heavy atom. The number of nitrogens with one attached hydrogen (secondary N) is 2. The molecule has 0 atom stereocenters. The quantitative estimate of drug-likeness (QED) is 0.543. The number of benzene rings is 2. The molecule has 0 bridgehead atoms. The highest BCUT2D eigenvalue weighted by atomic mass is 79.9. The fourth-order valence-corrected chi connectivity index (χ4v) is 3.39. The Bertz CT molecular complexity index is 878. The summed E-state index contributed by atoms with van der Waals surface area (Å²) in [4.78, 5) is 26.8. The Labute approximate surface area is 186 Å². The highest BCUT2D eigenvalue weighted by molar-refractivity contribution is 9.10. The van der Waals surface area contributed by atoms with E-state index in [1.54, 1.807) is 36.4 Å². The van der Waals surface area contributed by atoms with Gasteiger partial charge in [0, 0.05) is 34.4 Å². The maximum Gasteiger partial charge on any atom is 0.257 e. The third-order valence-corrected chi connectivity index (χ3v) is 5.38. The molecule has 2 aromatic rings. The molecule has 0 aromatic heterocycles. The third-order valence-electron chi connectivity index (χ3n) is 4.33. The lowest BCUT2D eigenvalue weighted by atomic mass is 10.1. The fraction of sp³-hybridized carbons (Fsp3) is 0.318. The van der Waals surface area contributed by atoms with Gasteiger partial charge >= 0.3 is 0 Å². The lowest BCUT2D eigenvalue weighted by Crippen LogP contribution is -2.34. The van der Waals surface area contributed by atoms with Crippen molar-refractivity contribution in [1.29, 1.82) is 0 Å². The number of aryl methyl sites for hydroxylation is 1. The van der Waals surface area contributed by atoms with Crippen molar-refractivity contribution in [3.8, 4) is 0 Å². The van der Waals surface area contributed by atoms with E-state index in [2.05, 4.69) is 40.4 Å². The largest absolute Gasteiger partial charge is 0.339 e. The molecule has 0 aliphatic rings. The number of thiocarbonyl (C=S) groups is 1. The maximum absolute atomic E-state index is 12.6. The number of rotatable bonds is 7. The number of hydrogen-bond acceptors (Lipinski definition) is 3. The SMILES string of the molecule is CCCN(CCC)C(=O)c1ccc(NC(=S)NC(=O)c2ccc(C)c(Br)c2)cc1. The van der Waals surface area contributed by atoms with E-state index in [-0.39, 0.29) is 16.9 Å². The van der Waals surface area contributed by atoms with Crippen LogP contribution in [0.5, 0.6) is 0 Å². The smallest absolute Gasteiger partial charge is 0.257 e. The minimum atomic E-state index is -0.287. The summed E-state index contributed by atoms with van der Waals surface area (Å²) in [6.07, 6.45) is 1.85. The zero-order valence-electron chi connectivity index (χ0n) is 16.9. The van der Waals surface area contributed by atoms with Crippen molar-refractivity contribution < 1.29 is 9.59 Å². The molecule has 2 aromatic carbocycles. The van der Waals surface area contributed by atoms with Crippen molar-refractivity contribution in [2.45, 2.75) is 33.6 Å². The Morgan fingerprint density at radius 1 is 1.00 bits per heavy atom. The van der Waals surface area contributed by atoms with Crippen molar-refractivity contribution in [3.63, 3.8) is 0 Å². The van der Waals surface area contributed by atoms with Gasteiger partial charge < -0.3 is 10.2 Å². The number of hydrogen-bond donors (Lipinski definition) is 2. The first-order valence-electron chi connectivity index (χ1n) is 9.63. The van der Waals surface area contributed by atoms with E-state index in [4.69, 9.17) is 12.2 Å². The number of halogens is 1. The Hall–Kier alpha value is -2.25. The molecule has 29 heavy (non-hydrogen) atoms. The monoisotopic (exact) mass is 475 g/mol. The lowest BCUT2D eigenvalue weighted by molar-refractivity contribution is 0.0755. The molecule has 154 valence electrons. The Balaban J connectivity index is 1.97. The number of nitrogens with zero attached hydrogens (tertiary/aromatic N) is 1. The number of carbonyl (C=O) groups is 2. The van der Waals surface area contributed by atoms with Crippen molar-refractivity contribution >= 4 is 50.8 Å². The van der Waals surface area contributed by atoms with Gasteiger partial charge in [0.1, 0.15) is 0 Å². The summed E-state index contributed by atoms with van der Waals surface area (Å²) in [6.45, 7) is 7.58. The molecule has 0 aliphatic carbocycles. The van der Waals surface area contributed by atoms with Crippen LogP contribution in [0.1, 0.15) is 53.0 Å². The van der Waals surface area contributed by atoms with Gasteiger partial charge in [-0.1, -0.05) is 35.8 Å². The minimum Gasteiger partial charge on any atom is -0.339 e. The summed E-state index contributed by atoms with van der Waals surface area (Å²) in [5, 5.41) is 5.84. The summed E-state index contributed by atoms with van der Waals surface area (Å²) in [7, 11) is 0. The number of amides is 2. The van der Waals surface area contributed by atoms with Crippen molar-refractivity contribution in [2.24, 2.45) is 0 Å². The van der Waals surface area contributed by atoms with Gasteiger partial charge in [-0.25, -0.2) is 0 Å². The van der Waals surface area contributed by atoms with Crippen molar-refractivity contribution in [2.75, 3.05) is 18.4 Å². The van der Waals surface area contributed by atoms with Gasteiger partial charge in [-0.05, 0) is 73.9 Å². The van der Waals surface area contributed by atoms with Gasteiger partial charge in [-0.3, -0.25) is 14.9 Å². The highest BCUT2D eigenvalue weighted by Gasteiger charge is 2.14. The molecule has 0 radical (unpaired) electrons. The first-order valence-corrected chi connectivity index (χ1v) is 10.8. The molecule has 2 rings (SSSR count). The highest BCUT2D eigenvalue weighted by Crippen LogP contribution is 2.17. The van der Waals surface area contributed by atoms with Crippen LogP contribution in [0.4, 0.5) is 5.69 Å². The first-order chi connectivity index (χ1) is 13.8. The normalized spacial score (nSPS) is 10.3. The zero-order chi connectivity index (χ0) is 21.4. The van der Waals surface area contributed by atoms with Gasteiger partial charge in [-0.15, -0.1) is 0 Å². The fourth-order valence-electron chi connectivity index (χ4n) is 2.81. The second kappa shape index (κ2) is 11.1. The molecule has 0 heterocycles. The second-order valence-corrected chi connectivity index (χ2v) is 8.00. The van der Waals surface area contributed by atoms with Crippen LogP contribution in [-0.4, -0.2) is 34.9 Å². The van der Waals surface area contributed by atoms with E-state index in [0.29, 0.717) is 16.8 Å². The summed E-state index contributed by atoms with van der Waals surface area (Å²) in [5.41, 5.74) is 2.90. The topological polar surface area (TPSA) is 61.4 Å². The lowest BCUT2D eigenvalue weighted by Gasteiger charge is -2.21. The van der Waals surface area contributed by atoms with E-state index in [1.165, 1.54) is 0 Å². The standard InChI is InChI=1S/C22H26BrN3O2S/c1-4-12-26(13-5-2)21(28)16-8-10-18(11-9-16)24-22(29)25-20(27)17-7-6-15(3)19(23)14-17/h6-11,14H,4-5,12-13H2,1-3H3,(H2,24,25,27,29). The van der Waals surface area contributed by atoms with E-state index in [9.17, 15) is 9.59 Å². The molecule has 2 N–H and O–H groups in total. The maximum atomic E-state index is 12.6. The zero-order valence-corrected chi connectivity index (χ0v) is 19.3. The van der Waals surface area contributed by atoms with Crippen LogP contribution in [0.2, 0.25) is 0 Å². The average Bonchev–Trinajstić information content (AvgIpc) is 2.69. The van der Waals surface area contributed by atoms with E-state index >= 15 is 0 Å². The molecule has 2 amide bonds. The molecular weight excluding hydrogens is 450 g/mol. The van der Waals surface area contributed by atoms with Crippen LogP contribution in [0.15, 0.2) is 46.9 Å². The van der Waals surface area contributed by atoms with Crippen LogP contribution in [0, 0.1) is 6.92 Å². The summed E-state index contributed by atoms with van der Waals surface area (Å²) >= 11 is 8.66. The summed E-state index contributed by atoms with van der Waals surface area (Å²) < 4.78 is 0.865. The summed E-state index contributed by atoms with van der Waals surface area (Å²) in [6, 6.07) is 12.5. The molecule has 7 heteroatoms. The Kier molecular flexibility index (Phi) is 8.79. The van der Waals surface area contributed by atoms with Crippen molar-refractivity contribution in [1.82, 2.24) is 10.2 Å². The van der Waals surface area contributed by atoms with Crippen LogP contribution >= 0.6 is 28.1 Å². The molecule has 0 aliphatic heterocycles. The van der Waals surface area contributed by atoms with Gasteiger partial charge in [0.25, 0.3) is 11.8 Å². The minimum absolute atomic E-state index is 0.0288. The second-order valence-electron chi connectivity index (χ2n) is 6.74. The number of carbonyl (C=O) groups excluding carboxylic acids is 2. The van der Waals surface area contributed by atoms with E-state index in [0.717, 1.165) is 36.0 Å². The predicted molar refractivity (Wildman–Crippen MR) is 125 cm³/mol. The molecule has 0 saturated heterocycles. The van der Waals surface area contributed by atoms with Crippen LogP contribution in [0.3, 0.4) is 0 Å².